The zero-order chi connectivity index (χ0) is 23.1. The average Bonchev–Trinajstić information content (AvgIpc) is 3.36. The molecule has 33 heavy (non-hydrogen) atoms. The van der Waals surface area contributed by atoms with Gasteiger partial charge in [-0.2, -0.15) is 5.10 Å². The second-order valence-electron chi connectivity index (χ2n) is 7.98. The van der Waals surface area contributed by atoms with E-state index in [9.17, 15) is 15.0 Å². The van der Waals surface area contributed by atoms with Crippen molar-refractivity contribution < 1.29 is 10.2 Å². The number of nitrogens with zero attached hydrogens (tertiary/aromatic N) is 3. The van der Waals surface area contributed by atoms with Crippen molar-refractivity contribution in [2.45, 2.75) is 12.8 Å². The number of phenols is 2. The molecule has 0 amide bonds. The molecule has 5 aromatic rings. The van der Waals surface area contributed by atoms with Crippen LogP contribution in [0.1, 0.15) is 11.1 Å². The maximum atomic E-state index is 12.7. The maximum absolute atomic E-state index is 12.7. The van der Waals surface area contributed by atoms with Gasteiger partial charge in [0.15, 0.2) is 5.82 Å². The van der Waals surface area contributed by atoms with Gasteiger partial charge >= 0.3 is 5.69 Å². The number of H-pyrrole nitrogens is 1. The number of halogens is 1. The minimum atomic E-state index is -0.421. The molecular weight excluding hydrogens is 440 g/mol. The number of hydrogen-bond donors (Lipinski definition) is 3. The molecule has 3 aromatic carbocycles. The highest BCUT2D eigenvalue weighted by Gasteiger charge is 2.19. The van der Waals surface area contributed by atoms with Crippen LogP contribution in [0.2, 0.25) is 5.02 Å². The highest BCUT2D eigenvalue weighted by Crippen LogP contribution is 2.35. The fourth-order valence-electron chi connectivity index (χ4n) is 4.06. The van der Waals surface area contributed by atoms with Crippen LogP contribution in [-0.4, -0.2) is 29.5 Å². The topological polar surface area (TPSA) is 96.1 Å². The number of phenolic OH excluding ortho intramolecular Hbond substituents is 2. The SMILES string of the molecule is Cn1ccc2cc(-n3c(-c4cc(CCc5ccc(Cl)cc5)c(O)cc4O)n[nH]c3=O)ccc21. The molecular formula is C25H21ClN4O3. The minimum Gasteiger partial charge on any atom is -0.508 e. The van der Waals surface area contributed by atoms with E-state index in [-0.39, 0.29) is 17.3 Å². The van der Waals surface area contributed by atoms with Crippen molar-refractivity contribution in [3.8, 4) is 28.6 Å². The summed E-state index contributed by atoms with van der Waals surface area (Å²) in [6, 6.07) is 18.1. The van der Waals surface area contributed by atoms with Crippen molar-refractivity contribution in [2.75, 3.05) is 0 Å². The first-order valence-corrected chi connectivity index (χ1v) is 10.8. The first-order valence-electron chi connectivity index (χ1n) is 10.4. The van der Waals surface area contributed by atoms with E-state index in [2.05, 4.69) is 10.2 Å². The lowest BCUT2D eigenvalue weighted by molar-refractivity contribution is 0.446. The Morgan fingerprint density at radius 2 is 1.76 bits per heavy atom. The summed E-state index contributed by atoms with van der Waals surface area (Å²) in [4.78, 5) is 12.7. The van der Waals surface area contributed by atoms with E-state index in [4.69, 9.17) is 11.6 Å². The van der Waals surface area contributed by atoms with Crippen molar-refractivity contribution in [1.82, 2.24) is 19.3 Å². The van der Waals surface area contributed by atoms with Crippen molar-refractivity contribution in [3.05, 3.63) is 93.5 Å². The highest BCUT2D eigenvalue weighted by molar-refractivity contribution is 6.30. The predicted molar refractivity (Wildman–Crippen MR) is 128 cm³/mol. The molecule has 5 rings (SSSR count). The smallest absolute Gasteiger partial charge is 0.348 e. The number of benzene rings is 3. The Kier molecular flexibility index (Phi) is 5.18. The molecule has 0 unspecified atom stereocenters. The van der Waals surface area contributed by atoms with Crippen LogP contribution in [0.3, 0.4) is 0 Å². The summed E-state index contributed by atoms with van der Waals surface area (Å²) in [6.45, 7) is 0. The van der Waals surface area contributed by atoms with E-state index in [0.717, 1.165) is 16.5 Å². The number of aromatic nitrogens is 4. The van der Waals surface area contributed by atoms with Crippen LogP contribution in [0.15, 0.2) is 71.7 Å². The summed E-state index contributed by atoms with van der Waals surface area (Å²) < 4.78 is 3.42. The molecule has 0 bridgehead atoms. The van der Waals surface area contributed by atoms with E-state index in [1.165, 1.54) is 10.6 Å². The molecule has 2 aromatic heterocycles. The van der Waals surface area contributed by atoms with Gasteiger partial charge in [0.05, 0.1) is 11.3 Å². The average molecular weight is 461 g/mol. The summed E-state index contributed by atoms with van der Waals surface area (Å²) in [7, 11) is 1.96. The number of aryl methyl sites for hydroxylation is 3. The van der Waals surface area contributed by atoms with Gasteiger partial charge in [-0.15, -0.1) is 0 Å². The Bertz CT molecular complexity index is 1530. The van der Waals surface area contributed by atoms with Gasteiger partial charge in [-0.1, -0.05) is 23.7 Å². The monoisotopic (exact) mass is 460 g/mol. The molecule has 166 valence electrons. The minimum absolute atomic E-state index is 0.0136. The first-order chi connectivity index (χ1) is 15.9. The maximum Gasteiger partial charge on any atom is 0.348 e. The van der Waals surface area contributed by atoms with Gasteiger partial charge in [0.2, 0.25) is 0 Å². The molecule has 2 heterocycles. The van der Waals surface area contributed by atoms with Gasteiger partial charge in [-0.25, -0.2) is 14.5 Å². The van der Waals surface area contributed by atoms with Crippen molar-refractivity contribution in [1.29, 1.82) is 0 Å². The molecule has 0 fully saturated rings. The molecule has 7 nitrogen and oxygen atoms in total. The Balaban J connectivity index is 1.54. The Morgan fingerprint density at radius 3 is 2.55 bits per heavy atom. The van der Waals surface area contributed by atoms with Crippen LogP contribution in [0.4, 0.5) is 0 Å². The lowest BCUT2D eigenvalue weighted by atomic mass is 10.0. The summed E-state index contributed by atoms with van der Waals surface area (Å²) in [6.07, 6.45) is 3.16. The van der Waals surface area contributed by atoms with Crippen LogP contribution in [0.5, 0.6) is 11.5 Å². The third-order valence-electron chi connectivity index (χ3n) is 5.83. The summed E-state index contributed by atoms with van der Waals surface area (Å²) in [5.41, 5.74) is 3.30. The number of rotatable bonds is 5. The molecule has 0 saturated heterocycles. The van der Waals surface area contributed by atoms with E-state index in [0.29, 0.717) is 34.7 Å². The second kappa shape index (κ2) is 8.18. The van der Waals surface area contributed by atoms with E-state index in [1.54, 1.807) is 6.07 Å². The zero-order valence-corrected chi connectivity index (χ0v) is 18.5. The van der Waals surface area contributed by atoms with Crippen LogP contribution >= 0.6 is 11.6 Å². The Hall–Kier alpha value is -3.97. The summed E-state index contributed by atoms with van der Waals surface area (Å²) >= 11 is 5.95. The van der Waals surface area contributed by atoms with E-state index < -0.39 is 5.69 Å². The molecule has 0 spiro atoms. The van der Waals surface area contributed by atoms with E-state index in [1.807, 2.05) is 66.3 Å². The fourth-order valence-corrected chi connectivity index (χ4v) is 4.18. The lowest BCUT2D eigenvalue weighted by Crippen LogP contribution is -2.15. The zero-order valence-electron chi connectivity index (χ0n) is 17.8. The van der Waals surface area contributed by atoms with Crippen molar-refractivity contribution in [3.63, 3.8) is 0 Å². The molecule has 3 N–H and O–H groups in total. The van der Waals surface area contributed by atoms with Crippen molar-refractivity contribution >= 4 is 22.5 Å². The first kappa shape index (κ1) is 20.9. The van der Waals surface area contributed by atoms with Crippen LogP contribution in [0.25, 0.3) is 28.0 Å². The Labute approximate surface area is 194 Å². The van der Waals surface area contributed by atoms with Gasteiger partial charge in [-0.05, 0) is 66.4 Å². The number of fused-ring (bicyclic) bond motifs is 1. The molecule has 0 atom stereocenters. The fraction of sp³-hybridized carbons (Fsp3) is 0.120. The number of hydrogen-bond acceptors (Lipinski definition) is 4. The van der Waals surface area contributed by atoms with Gasteiger partial charge < -0.3 is 14.8 Å². The predicted octanol–water partition coefficient (Wildman–Crippen LogP) is 4.57. The Morgan fingerprint density at radius 1 is 0.970 bits per heavy atom. The van der Waals surface area contributed by atoms with Crippen LogP contribution in [-0.2, 0) is 19.9 Å². The second-order valence-corrected chi connectivity index (χ2v) is 8.42. The standard InChI is InChI=1S/C25H21ClN4O3/c1-29-11-10-16-12-19(8-9-21(16)29)30-24(27-28-25(30)33)20-13-17(22(31)14-23(20)32)5-2-15-3-6-18(26)7-4-15/h3-4,6-14,31-32H,2,5H2,1H3,(H,28,33). The highest BCUT2D eigenvalue weighted by atomic mass is 35.5. The van der Waals surface area contributed by atoms with E-state index >= 15 is 0 Å². The van der Waals surface area contributed by atoms with Crippen LogP contribution in [0, 0.1) is 0 Å². The molecule has 0 radical (unpaired) electrons. The summed E-state index contributed by atoms with van der Waals surface area (Å²) in [5.74, 6) is 0.0876. The van der Waals surface area contributed by atoms with Gasteiger partial charge in [-0.3, -0.25) is 0 Å². The lowest BCUT2D eigenvalue weighted by Gasteiger charge is -2.12. The van der Waals surface area contributed by atoms with Crippen molar-refractivity contribution in [2.24, 2.45) is 7.05 Å². The molecule has 0 aliphatic heterocycles. The van der Waals surface area contributed by atoms with Gasteiger partial charge in [0, 0.05) is 35.2 Å². The summed E-state index contributed by atoms with van der Waals surface area (Å²) in [5, 5.41) is 29.3. The molecule has 0 aliphatic rings. The molecule has 0 aliphatic carbocycles. The van der Waals surface area contributed by atoms with Gasteiger partial charge in [0.25, 0.3) is 0 Å². The normalized spacial score (nSPS) is 11.3. The van der Waals surface area contributed by atoms with Gasteiger partial charge in [0.1, 0.15) is 11.5 Å². The molecule has 0 saturated carbocycles. The number of aromatic hydroxyl groups is 2. The number of aromatic amines is 1. The number of nitrogens with one attached hydrogen (secondary N) is 1. The third-order valence-corrected chi connectivity index (χ3v) is 6.09. The largest absolute Gasteiger partial charge is 0.508 e. The van der Waals surface area contributed by atoms with Crippen LogP contribution < -0.4 is 5.69 Å². The quantitative estimate of drug-likeness (QED) is 0.358. The molecule has 8 heteroatoms. The third kappa shape index (κ3) is 3.87.